The van der Waals surface area contributed by atoms with Crippen LogP contribution in [0.15, 0.2) is 35.3 Å². The van der Waals surface area contributed by atoms with Gasteiger partial charge in [0.15, 0.2) is 5.65 Å². The van der Waals surface area contributed by atoms with Crippen molar-refractivity contribution in [2.24, 2.45) is 0 Å². The van der Waals surface area contributed by atoms with Crippen molar-refractivity contribution in [2.45, 2.75) is 50.2 Å². The van der Waals surface area contributed by atoms with Crippen LogP contribution in [0, 0.1) is 0 Å². The van der Waals surface area contributed by atoms with Gasteiger partial charge in [0, 0.05) is 18.8 Å². The van der Waals surface area contributed by atoms with Gasteiger partial charge in [-0.2, -0.15) is 18.3 Å². The van der Waals surface area contributed by atoms with E-state index in [0.717, 1.165) is 43.5 Å². The van der Waals surface area contributed by atoms with Gasteiger partial charge < -0.3 is 9.88 Å². The fourth-order valence-electron chi connectivity index (χ4n) is 4.46. The Labute approximate surface area is 170 Å². The van der Waals surface area contributed by atoms with Gasteiger partial charge in [-0.05, 0) is 37.1 Å². The second-order valence-corrected chi connectivity index (χ2v) is 8.22. The molecule has 0 unspecified atom stereocenters. The minimum Gasteiger partial charge on any atom is -0.370 e. The number of hydrogen-bond donors (Lipinski definition) is 1. The summed E-state index contributed by atoms with van der Waals surface area (Å²) in [6.07, 6.45) is 2.90. The SMILES string of the molecule is O=c1[nH]c(C2CN(c3ccc(C(F)(F)F)cc3)C2)nc2c1cnn2C1CCCCC1. The van der Waals surface area contributed by atoms with E-state index in [1.807, 2.05) is 9.58 Å². The molecule has 2 fully saturated rings. The molecule has 5 rings (SSSR count). The molecule has 0 spiro atoms. The first-order valence-corrected chi connectivity index (χ1v) is 10.3. The molecule has 0 atom stereocenters. The number of halogens is 3. The average molecular weight is 417 g/mol. The van der Waals surface area contributed by atoms with E-state index in [1.165, 1.54) is 18.6 Å². The highest BCUT2D eigenvalue weighted by Crippen LogP contribution is 2.34. The second-order valence-electron chi connectivity index (χ2n) is 8.22. The van der Waals surface area contributed by atoms with Crippen LogP contribution in [0.3, 0.4) is 0 Å². The van der Waals surface area contributed by atoms with Crippen molar-refractivity contribution in [2.75, 3.05) is 18.0 Å². The Morgan fingerprint density at radius 1 is 1.03 bits per heavy atom. The molecule has 1 aliphatic heterocycles. The van der Waals surface area contributed by atoms with Crippen molar-refractivity contribution in [3.8, 4) is 0 Å². The molecule has 1 saturated carbocycles. The zero-order chi connectivity index (χ0) is 20.9. The Morgan fingerprint density at radius 2 is 1.73 bits per heavy atom. The lowest BCUT2D eigenvalue weighted by molar-refractivity contribution is -0.137. The van der Waals surface area contributed by atoms with Crippen molar-refractivity contribution in [3.05, 3.63) is 52.2 Å². The molecule has 2 aromatic heterocycles. The number of aromatic nitrogens is 4. The van der Waals surface area contributed by atoms with Crippen LogP contribution in [-0.2, 0) is 6.18 Å². The number of hydrogen-bond acceptors (Lipinski definition) is 4. The predicted octanol–water partition coefficient (Wildman–Crippen LogP) is 4.25. The first-order chi connectivity index (χ1) is 14.4. The summed E-state index contributed by atoms with van der Waals surface area (Å²) in [7, 11) is 0. The molecule has 0 amide bonds. The molecule has 3 aromatic rings. The maximum absolute atomic E-state index is 12.7. The number of anilines is 1. The summed E-state index contributed by atoms with van der Waals surface area (Å²) in [6.45, 7) is 1.19. The molecule has 1 aromatic carbocycles. The van der Waals surface area contributed by atoms with Gasteiger partial charge in [0.25, 0.3) is 5.56 Å². The molecule has 2 aliphatic rings. The Kier molecular flexibility index (Phi) is 4.56. The van der Waals surface area contributed by atoms with Crippen molar-refractivity contribution in [3.63, 3.8) is 0 Å². The summed E-state index contributed by atoms with van der Waals surface area (Å²) in [6, 6.07) is 5.44. The first-order valence-electron chi connectivity index (χ1n) is 10.3. The van der Waals surface area contributed by atoms with E-state index in [-0.39, 0.29) is 17.5 Å². The molecule has 0 bridgehead atoms. The highest BCUT2D eigenvalue weighted by molar-refractivity contribution is 5.73. The van der Waals surface area contributed by atoms with Gasteiger partial charge in [0.2, 0.25) is 0 Å². The fraction of sp³-hybridized carbons (Fsp3) is 0.476. The molecular weight excluding hydrogens is 395 g/mol. The van der Waals surface area contributed by atoms with Crippen molar-refractivity contribution < 1.29 is 13.2 Å². The third-order valence-corrected chi connectivity index (χ3v) is 6.23. The van der Waals surface area contributed by atoms with E-state index in [0.29, 0.717) is 29.9 Å². The van der Waals surface area contributed by atoms with Gasteiger partial charge in [-0.25, -0.2) is 9.67 Å². The lowest BCUT2D eigenvalue weighted by atomic mass is 9.95. The third kappa shape index (κ3) is 3.36. The van der Waals surface area contributed by atoms with E-state index in [9.17, 15) is 18.0 Å². The van der Waals surface area contributed by atoms with Crippen LogP contribution < -0.4 is 10.5 Å². The topological polar surface area (TPSA) is 66.8 Å². The highest BCUT2D eigenvalue weighted by Gasteiger charge is 2.33. The van der Waals surface area contributed by atoms with E-state index in [1.54, 1.807) is 6.20 Å². The van der Waals surface area contributed by atoms with Crippen LogP contribution in [0.4, 0.5) is 18.9 Å². The number of benzene rings is 1. The van der Waals surface area contributed by atoms with Gasteiger partial charge in [-0.1, -0.05) is 19.3 Å². The lowest BCUT2D eigenvalue weighted by Crippen LogP contribution is -2.46. The van der Waals surface area contributed by atoms with Crippen LogP contribution in [0.1, 0.15) is 55.5 Å². The van der Waals surface area contributed by atoms with Crippen molar-refractivity contribution in [1.82, 2.24) is 19.7 Å². The Balaban J connectivity index is 1.35. The molecule has 1 aliphatic carbocycles. The molecule has 1 saturated heterocycles. The zero-order valence-electron chi connectivity index (χ0n) is 16.3. The summed E-state index contributed by atoms with van der Waals surface area (Å²) in [4.78, 5) is 22.1. The molecule has 6 nitrogen and oxygen atoms in total. The zero-order valence-corrected chi connectivity index (χ0v) is 16.3. The average Bonchev–Trinajstić information content (AvgIpc) is 3.12. The first kappa shape index (κ1) is 19.1. The minimum absolute atomic E-state index is 0.0269. The smallest absolute Gasteiger partial charge is 0.370 e. The Bertz CT molecular complexity index is 1110. The van der Waals surface area contributed by atoms with Crippen molar-refractivity contribution >= 4 is 16.7 Å². The van der Waals surface area contributed by atoms with Crippen LogP contribution in [-0.4, -0.2) is 32.8 Å². The number of fused-ring (bicyclic) bond motifs is 1. The Hall–Kier alpha value is -2.84. The maximum atomic E-state index is 12.7. The summed E-state index contributed by atoms with van der Waals surface area (Å²) in [5.74, 6) is 0.646. The molecule has 0 radical (unpaired) electrons. The van der Waals surface area contributed by atoms with E-state index >= 15 is 0 Å². The largest absolute Gasteiger partial charge is 0.416 e. The number of H-pyrrole nitrogens is 1. The highest BCUT2D eigenvalue weighted by atomic mass is 19.4. The molecule has 158 valence electrons. The molecule has 30 heavy (non-hydrogen) atoms. The Morgan fingerprint density at radius 3 is 2.40 bits per heavy atom. The van der Waals surface area contributed by atoms with Gasteiger partial charge in [0.1, 0.15) is 11.2 Å². The monoisotopic (exact) mass is 417 g/mol. The number of aromatic amines is 1. The van der Waals surface area contributed by atoms with Crippen LogP contribution >= 0.6 is 0 Å². The predicted molar refractivity (Wildman–Crippen MR) is 107 cm³/mol. The second kappa shape index (κ2) is 7.14. The molecule has 9 heteroatoms. The minimum atomic E-state index is -4.34. The normalized spacial score (nSPS) is 18.7. The van der Waals surface area contributed by atoms with Gasteiger partial charge in [0.05, 0.1) is 23.7 Å². The van der Waals surface area contributed by atoms with E-state index in [4.69, 9.17) is 4.98 Å². The van der Waals surface area contributed by atoms with Crippen molar-refractivity contribution in [1.29, 1.82) is 0 Å². The summed E-state index contributed by atoms with van der Waals surface area (Å²) >= 11 is 0. The van der Waals surface area contributed by atoms with Crippen LogP contribution in [0.5, 0.6) is 0 Å². The molecular formula is C21H22F3N5O. The van der Waals surface area contributed by atoms with Gasteiger partial charge in [-0.3, -0.25) is 4.79 Å². The van der Waals surface area contributed by atoms with Crippen LogP contribution in [0.2, 0.25) is 0 Å². The van der Waals surface area contributed by atoms with Gasteiger partial charge in [-0.15, -0.1) is 0 Å². The van der Waals surface area contributed by atoms with Gasteiger partial charge >= 0.3 is 6.18 Å². The number of nitrogens with one attached hydrogen (secondary N) is 1. The standard InChI is InChI=1S/C21H22F3N5O/c22-21(23,24)14-6-8-15(9-7-14)28-11-13(12-28)18-26-19-17(20(30)27-18)10-25-29(19)16-4-2-1-3-5-16/h6-10,13,16H,1-5,11-12H2,(H,26,27,30). The lowest BCUT2D eigenvalue weighted by Gasteiger charge is -2.40. The fourth-order valence-corrected chi connectivity index (χ4v) is 4.46. The summed E-state index contributed by atoms with van der Waals surface area (Å²) < 4.78 is 40.1. The summed E-state index contributed by atoms with van der Waals surface area (Å²) in [5, 5.41) is 4.95. The quantitative estimate of drug-likeness (QED) is 0.692. The molecule has 3 heterocycles. The third-order valence-electron chi connectivity index (χ3n) is 6.23. The molecule has 1 N–H and O–H groups in total. The van der Waals surface area contributed by atoms with E-state index < -0.39 is 11.7 Å². The number of rotatable bonds is 3. The maximum Gasteiger partial charge on any atom is 0.416 e. The van der Waals surface area contributed by atoms with E-state index in [2.05, 4.69) is 10.1 Å². The number of nitrogens with zero attached hydrogens (tertiary/aromatic N) is 4. The summed E-state index contributed by atoms with van der Waals surface area (Å²) in [5.41, 5.74) is 0.518. The van der Waals surface area contributed by atoms with Crippen LogP contribution in [0.25, 0.3) is 11.0 Å². The number of alkyl halides is 3.